The van der Waals surface area contributed by atoms with Gasteiger partial charge in [0.05, 0.1) is 20.3 Å². The fourth-order valence-electron chi connectivity index (χ4n) is 3.76. The fraction of sp³-hybridized carbons (Fsp3) is 0.476. The number of halogens is 4. The Morgan fingerprint density at radius 1 is 1.09 bits per heavy atom. The van der Waals surface area contributed by atoms with Crippen LogP contribution in [-0.4, -0.2) is 56.0 Å². The van der Waals surface area contributed by atoms with Gasteiger partial charge in [-0.25, -0.2) is 14.4 Å². The molecule has 1 aliphatic heterocycles. The third-order valence-corrected chi connectivity index (χ3v) is 5.60. The molecule has 1 fully saturated rings. The summed E-state index contributed by atoms with van der Waals surface area (Å²) in [6.07, 6.45) is -2.91. The van der Waals surface area contributed by atoms with Crippen molar-refractivity contribution in [3.8, 4) is 0 Å². The zero-order chi connectivity index (χ0) is 24.1. The van der Waals surface area contributed by atoms with Crippen LogP contribution in [0.2, 0.25) is 0 Å². The van der Waals surface area contributed by atoms with E-state index in [0.717, 1.165) is 19.3 Å². The molecule has 32 heavy (non-hydrogen) atoms. The van der Waals surface area contributed by atoms with E-state index in [1.807, 2.05) is 0 Å². The number of hydrogen-bond acceptors (Lipinski definition) is 7. The van der Waals surface area contributed by atoms with Crippen LogP contribution in [0.3, 0.4) is 0 Å². The molecule has 1 aliphatic rings. The maximum absolute atomic E-state index is 14.2. The number of methoxy groups -OCH3 is 1. The summed E-state index contributed by atoms with van der Waals surface area (Å²) in [5.41, 5.74) is -2.34. The van der Waals surface area contributed by atoms with Gasteiger partial charge in [-0.05, 0) is 31.5 Å². The lowest BCUT2D eigenvalue weighted by atomic mass is 9.75. The SMILES string of the molecule is CCOC(=O)C1(C(=O)OCC)N[C@@H](C(F)(F)F)[C@H](c2ccc(Br)cc2)[C@H]1/C=C/C(=O)OC. The van der Waals surface area contributed by atoms with Gasteiger partial charge in [-0.3, -0.25) is 5.32 Å². The second-order valence-electron chi connectivity index (χ2n) is 6.90. The topological polar surface area (TPSA) is 90.9 Å². The van der Waals surface area contributed by atoms with E-state index in [9.17, 15) is 27.6 Å². The van der Waals surface area contributed by atoms with E-state index >= 15 is 0 Å². The van der Waals surface area contributed by atoms with Crippen molar-refractivity contribution in [2.45, 2.75) is 37.5 Å². The van der Waals surface area contributed by atoms with Gasteiger partial charge < -0.3 is 14.2 Å². The molecule has 0 bridgehead atoms. The first kappa shape index (κ1) is 25.9. The van der Waals surface area contributed by atoms with Crippen LogP contribution in [0.25, 0.3) is 0 Å². The zero-order valence-corrected chi connectivity index (χ0v) is 19.2. The molecule has 0 unspecified atom stereocenters. The van der Waals surface area contributed by atoms with Crippen molar-refractivity contribution < 1.29 is 41.8 Å². The molecule has 1 heterocycles. The molecule has 2 rings (SSSR count). The number of hydrogen-bond donors (Lipinski definition) is 1. The molecule has 1 saturated heterocycles. The van der Waals surface area contributed by atoms with Gasteiger partial charge >= 0.3 is 24.1 Å². The van der Waals surface area contributed by atoms with Crippen molar-refractivity contribution in [2.75, 3.05) is 20.3 Å². The van der Waals surface area contributed by atoms with Crippen LogP contribution >= 0.6 is 15.9 Å². The van der Waals surface area contributed by atoms with Gasteiger partial charge in [-0.1, -0.05) is 34.1 Å². The molecule has 11 heteroatoms. The van der Waals surface area contributed by atoms with Crippen LogP contribution < -0.4 is 5.32 Å². The van der Waals surface area contributed by atoms with E-state index < -0.39 is 47.5 Å². The molecule has 1 aromatic rings. The molecule has 0 spiro atoms. The molecule has 1 N–H and O–H groups in total. The van der Waals surface area contributed by atoms with Gasteiger partial charge in [-0.15, -0.1) is 0 Å². The lowest BCUT2D eigenvalue weighted by Gasteiger charge is -2.30. The third-order valence-electron chi connectivity index (χ3n) is 5.07. The minimum atomic E-state index is -4.85. The van der Waals surface area contributed by atoms with Crippen molar-refractivity contribution in [1.29, 1.82) is 0 Å². The van der Waals surface area contributed by atoms with Crippen LogP contribution in [0.15, 0.2) is 40.9 Å². The Kier molecular flexibility index (Phi) is 8.47. The lowest BCUT2D eigenvalue weighted by Crippen LogP contribution is -2.62. The highest BCUT2D eigenvalue weighted by atomic mass is 79.9. The van der Waals surface area contributed by atoms with Gasteiger partial charge in [0.25, 0.3) is 0 Å². The predicted molar refractivity (Wildman–Crippen MR) is 111 cm³/mol. The Labute approximate surface area is 191 Å². The second-order valence-corrected chi connectivity index (χ2v) is 7.81. The molecule has 1 aromatic carbocycles. The Hall–Kier alpha value is -2.40. The summed E-state index contributed by atoms with van der Waals surface area (Å²) < 4.78 is 57.6. The summed E-state index contributed by atoms with van der Waals surface area (Å²) in [6.45, 7) is 2.54. The van der Waals surface area contributed by atoms with E-state index in [2.05, 4.69) is 26.0 Å². The number of ether oxygens (including phenoxy) is 3. The third kappa shape index (κ3) is 5.15. The van der Waals surface area contributed by atoms with Crippen LogP contribution in [0, 0.1) is 5.92 Å². The quantitative estimate of drug-likeness (QED) is 0.255. The summed E-state index contributed by atoms with van der Waals surface area (Å²) in [6, 6.07) is 3.66. The number of nitrogens with one attached hydrogen (secondary N) is 1. The Bertz CT molecular complexity index is 853. The highest BCUT2D eigenvalue weighted by Crippen LogP contribution is 2.49. The number of alkyl halides is 3. The first-order chi connectivity index (χ1) is 15.0. The minimum absolute atomic E-state index is 0.186. The van der Waals surface area contributed by atoms with Gasteiger partial charge in [0, 0.05) is 22.4 Å². The van der Waals surface area contributed by atoms with Gasteiger partial charge in [-0.2, -0.15) is 13.2 Å². The number of carbonyl (C=O) groups is 3. The Morgan fingerprint density at radius 3 is 2.06 bits per heavy atom. The monoisotopic (exact) mass is 521 g/mol. The number of benzene rings is 1. The van der Waals surface area contributed by atoms with E-state index in [0.29, 0.717) is 4.47 Å². The highest BCUT2D eigenvalue weighted by Gasteiger charge is 2.68. The molecule has 0 aromatic heterocycles. The predicted octanol–water partition coefficient (Wildman–Crippen LogP) is 3.28. The van der Waals surface area contributed by atoms with E-state index in [-0.39, 0.29) is 18.8 Å². The van der Waals surface area contributed by atoms with Crippen LogP contribution in [0.5, 0.6) is 0 Å². The molecular weight excluding hydrogens is 499 g/mol. The maximum Gasteiger partial charge on any atom is 0.404 e. The summed E-state index contributed by atoms with van der Waals surface area (Å²) in [7, 11) is 1.09. The highest BCUT2D eigenvalue weighted by molar-refractivity contribution is 9.10. The van der Waals surface area contributed by atoms with E-state index in [4.69, 9.17) is 9.47 Å². The maximum atomic E-state index is 14.2. The standard InChI is InChI=1S/C21H23BrF3NO6/c1-4-31-18(28)20(19(29)32-5-2)14(10-11-15(27)30-3)16(17(26-20)21(23,24)25)12-6-8-13(22)9-7-12/h6-11,14,16-17,26H,4-5H2,1-3H3/b11-10+/t14-,16-,17-/m1/s1. The zero-order valence-electron chi connectivity index (χ0n) is 17.6. The second kappa shape index (κ2) is 10.5. The van der Waals surface area contributed by atoms with Crippen molar-refractivity contribution in [3.63, 3.8) is 0 Å². The average Bonchev–Trinajstić information content (AvgIpc) is 3.09. The smallest absolute Gasteiger partial charge is 0.404 e. The van der Waals surface area contributed by atoms with Crippen molar-refractivity contribution in [3.05, 3.63) is 46.5 Å². The summed E-state index contributed by atoms with van der Waals surface area (Å²) in [4.78, 5) is 37.7. The molecule has 0 aliphatic carbocycles. The summed E-state index contributed by atoms with van der Waals surface area (Å²) in [5, 5.41) is 2.18. The van der Waals surface area contributed by atoms with Gasteiger partial charge in [0.2, 0.25) is 5.54 Å². The number of rotatable bonds is 7. The number of carbonyl (C=O) groups excluding carboxylic acids is 3. The Balaban J connectivity index is 2.80. The summed E-state index contributed by atoms with van der Waals surface area (Å²) >= 11 is 3.23. The molecule has 176 valence electrons. The van der Waals surface area contributed by atoms with Crippen LogP contribution in [-0.2, 0) is 28.6 Å². The number of esters is 3. The fourth-order valence-corrected chi connectivity index (χ4v) is 4.02. The molecular formula is C21H23BrF3NO6. The van der Waals surface area contributed by atoms with Crippen molar-refractivity contribution >= 4 is 33.8 Å². The van der Waals surface area contributed by atoms with Crippen molar-refractivity contribution in [2.24, 2.45) is 5.92 Å². The lowest BCUT2D eigenvalue weighted by molar-refractivity contribution is -0.171. The Morgan fingerprint density at radius 2 is 1.62 bits per heavy atom. The molecule has 0 amide bonds. The molecule has 7 nitrogen and oxygen atoms in total. The average molecular weight is 522 g/mol. The van der Waals surface area contributed by atoms with Crippen LogP contribution in [0.1, 0.15) is 25.3 Å². The van der Waals surface area contributed by atoms with E-state index in [1.165, 1.54) is 26.0 Å². The normalized spacial score (nSPS) is 22.5. The van der Waals surface area contributed by atoms with Crippen molar-refractivity contribution in [1.82, 2.24) is 5.32 Å². The van der Waals surface area contributed by atoms with Crippen LogP contribution in [0.4, 0.5) is 13.2 Å². The molecule has 0 radical (unpaired) electrons. The van der Waals surface area contributed by atoms with Gasteiger partial charge in [0.1, 0.15) is 6.04 Å². The molecule has 3 atom stereocenters. The van der Waals surface area contributed by atoms with E-state index in [1.54, 1.807) is 12.1 Å². The minimum Gasteiger partial charge on any atom is -0.466 e. The summed E-state index contributed by atoms with van der Waals surface area (Å²) in [5.74, 6) is -6.26. The first-order valence-corrected chi connectivity index (χ1v) is 10.5. The van der Waals surface area contributed by atoms with Gasteiger partial charge in [0.15, 0.2) is 0 Å². The largest absolute Gasteiger partial charge is 0.466 e. The first-order valence-electron chi connectivity index (χ1n) is 9.73. The molecule has 0 saturated carbocycles.